The van der Waals surface area contributed by atoms with E-state index in [0.717, 1.165) is 37.3 Å². The summed E-state index contributed by atoms with van der Waals surface area (Å²) < 4.78 is 0. The van der Waals surface area contributed by atoms with Crippen molar-refractivity contribution in [1.82, 2.24) is 10.6 Å². The highest BCUT2D eigenvalue weighted by molar-refractivity contribution is 5.75. The molecule has 4 rings (SSSR count). The van der Waals surface area contributed by atoms with Gasteiger partial charge in [-0.3, -0.25) is 4.79 Å². The van der Waals surface area contributed by atoms with Gasteiger partial charge < -0.3 is 10.6 Å². The van der Waals surface area contributed by atoms with Gasteiger partial charge in [-0.25, -0.2) is 0 Å². The van der Waals surface area contributed by atoms with Crippen molar-refractivity contribution in [3.05, 3.63) is 0 Å². The van der Waals surface area contributed by atoms with Gasteiger partial charge in [-0.05, 0) is 74.7 Å². The zero-order valence-corrected chi connectivity index (χ0v) is 13.8. The Morgan fingerprint density at radius 1 is 1.10 bits per heavy atom. The third kappa shape index (κ3) is 3.80. The highest BCUT2D eigenvalue weighted by Gasteiger charge is 2.50. The fraction of sp³-hybridized carbons (Fsp3) is 0.944. The molecule has 0 heterocycles. The van der Waals surface area contributed by atoms with Crippen LogP contribution in [0.5, 0.6) is 0 Å². The third-order valence-corrected chi connectivity index (χ3v) is 5.96. The second-order valence-corrected chi connectivity index (χ2v) is 8.41. The number of amides is 1. The van der Waals surface area contributed by atoms with E-state index in [1.54, 1.807) is 0 Å². The average molecular weight is 292 g/mol. The molecule has 0 aromatic rings. The van der Waals surface area contributed by atoms with Crippen molar-refractivity contribution in [2.24, 2.45) is 23.2 Å². The lowest BCUT2D eigenvalue weighted by Gasteiger charge is -2.56. The van der Waals surface area contributed by atoms with E-state index in [1.807, 2.05) is 0 Å². The molecule has 4 bridgehead atoms. The monoisotopic (exact) mass is 292 g/mol. The largest absolute Gasteiger partial charge is 0.356 e. The van der Waals surface area contributed by atoms with Gasteiger partial charge in [-0.2, -0.15) is 0 Å². The summed E-state index contributed by atoms with van der Waals surface area (Å²) in [6.45, 7) is 6.19. The van der Waals surface area contributed by atoms with Crippen molar-refractivity contribution in [3.63, 3.8) is 0 Å². The number of carbonyl (C=O) groups excluding carboxylic acids is 1. The molecule has 0 unspecified atom stereocenters. The molecule has 0 saturated heterocycles. The van der Waals surface area contributed by atoms with E-state index in [2.05, 4.69) is 24.5 Å². The molecule has 0 spiro atoms. The summed E-state index contributed by atoms with van der Waals surface area (Å²) in [5, 5.41) is 6.63. The van der Waals surface area contributed by atoms with Gasteiger partial charge in [0.25, 0.3) is 0 Å². The lowest BCUT2D eigenvalue weighted by Crippen LogP contribution is -2.51. The van der Waals surface area contributed by atoms with Crippen molar-refractivity contribution in [2.45, 2.75) is 71.3 Å². The van der Waals surface area contributed by atoms with Crippen LogP contribution >= 0.6 is 0 Å². The van der Waals surface area contributed by atoms with Crippen LogP contribution in [0.25, 0.3) is 0 Å². The molecule has 2 N–H and O–H groups in total. The number of carbonyl (C=O) groups is 1. The standard InChI is InChI=1S/C18H32N2O/c1-13(2)19-5-3-4-17(21)20-12-18-9-14-6-15(10-18)8-16(7-14)11-18/h13-16,19H,3-12H2,1-2H3,(H,20,21). The molecule has 0 atom stereocenters. The topological polar surface area (TPSA) is 41.1 Å². The van der Waals surface area contributed by atoms with Crippen molar-refractivity contribution in [3.8, 4) is 0 Å². The molecule has 3 heteroatoms. The Balaban J connectivity index is 1.40. The summed E-state index contributed by atoms with van der Waals surface area (Å²) in [7, 11) is 0. The molecule has 4 aliphatic carbocycles. The van der Waals surface area contributed by atoms with Crippen LogP contribution in [0.15, 0.2) is 0 Å². The normalized spacial score (nSPS) is 37.2. The van der Waals surface area contributed by atoms with E-state index in [0.29, 0.717) is 17.9 Å². The number of hydrogen-bond donors (Lipinski definition) is 2. The smallest absolute Gasteiger partial charge is 0.220 e. The van der Waals surface area contributed by atoms with E-state index in [4.69, 9.17) is 0 Å². The summed E-state index contributed by atoms with van der Waals surface area (Å²) in [6.07, 6.45) is 10.2. The fourth-order valence-electron chi connectivity index (χ4n) is 5.52. The minimum Gasteiger partial charge on any atom is -0.356 e. The fourth-order valence-corrected chi connectivity index (χ4v) is 5.52. The summed E-state index contributed by atoms with van der Waals surface area (Å²) >= 11 is 0. The average Bonchev–Trinajstić information content (AvgIpc) is 2.40. The molecule has 0 aliphatic heterocycles. The zero-order valence-electron chi connectivity index (χ0n) is 13.8. The maximum absolute atomic E-state index is 12.0. The van der Waals surface area contributed by atoms with Gasteiger partial charge in [0.15, 0.2) is 0 Å². The lowest BCUT2D eigenvalue weighted by molar-refractivity contribution is -0.123. The summed E-state index contributed by atoms with van der Waals surface area (Å²) in [4.78, 5) is 12.0. The molecule has 21 heavy (non-hydrogen) atoms. The number of nitrogens with one attached hydrogen (secondary N) is 2. The second-order valence-electron chi connectivity index (χ2n) is 8.41. The van der Waals surface area contributed by atoms with Gasteiger partial charge >= 0.3 is 0 Å². The van der Waals surface area contributed by atoms with Gasteiger partial charge in [0.2, 0.25) is 5.91 Å². The van der Waals surface area contributed by atoms with Crippen LogP contribution in [0, 0.1) is 23.2 Å². The van der Waals surface area contributed by atoms with Crippen LogP contribution in [0.3, 0.4) is 0 Å². The first-order chi connectivity index (χ1) is 10.0. The Hall–Kier alpha value is -0.570. The van der Waals surface area contributed by atoms with Crippen LogP contribution in [-0.4, -0.2) is 25.0 Å². The molecule has 4 aliphatic rings. The first-order valence-electron chi connectivity index (χ1n) is 9.05. The highest BCUT2D eigenvalue weighted by atomic mass is 16.1. The number of hydrogen-bond acceptors (Lipinski definition) is 2. The van der Waals surface area contributed by atoms with Gasteiger partial charge in [-0.15, -0.1) is 0 Å². The van der Waals surface area contributed by atoms with Crippen LogP contribution in [0.2, 0.25) is 0 Å². The molecule has 0 aromatic heterocycles. The molecule has 4 fully saturated rings. The van der Waals surface area contributed by atoms with Crippen LogP contribution in [0.4, 0.5) is 0 Å². The van der Waals surface area contributed by atoms with E-state index >= 15 is 0 Å². The summed E-state index contributed by atoms with van der Waals surface area (Å²) in [6, 6.07) is 0.514. The van der Waals surface area contributed by atoms with Crippen LogP contribution < -0.4 is 10.6 Å². The van der Waals surface area contributed by atoms with E-state index < -0.39 is 0 Å². The van der Waals surface area contributed by atoms with Gasteiger partial charge in [-0.1, -0.05) is 13.8 Å². The Morgan fingerprint density at radius 3 is 2.19 bits per heavy atom. The Kier molecular flexibility index (Phi) is 4.58. The van der Waals surface area contributed by atoms with Gasteiger partial charge in [0.05, 0.1) is 0 Å². The van der Waals surface area contributed by atoms with Crippen molar-refractivity contribution < 1.29 is 4.79 Å². The highest BCUT2D eigenvalue weighted by Crippen LogP contribution is 2.59. The molecule has 3 nitrogen and oxygen atoms in total. The molecular formula is C18H32N2O. The van der Waals surface area contributed by atoms with E-state index in [1.165, 1.54) is 38.5 Å². The van der Waals surface area contributed by atoms with Gasteiger partial charge in [0, 0.05) is 19.0 Å². The predicted octanol–water partition coefficient (Wildman–Crippen LogP) is 3.10. The van der Waals surface area contributed by atoms with Crippen LogP contribution in [0.1, 0.15) is 65.2 Å². The van der Waals surface area contributed by atoms with Crippen molar-refractivity contribution >= 4 is 5.91 Å². The quantitative estimate of drug-likeness (QED) is 0.708. The minimum atomic E-state index is 0.260. The Bertz CT molecular complexity index is 342. The molecule has 4 saturated carbocycles. The first kappa shape index (κ1) is 15.3. The van der Waals surface area contributed by atoms with Crippen LogP contribution in [-0.2, 0) is 4.79 Å². The maximum Gasteiger partial charge on any atom is 0.220 e. The third-order valence-electron chi connectivity index (χ3n) is 5.96. The molecule has 0 radical (unpaired) electrons. The summed E-state index contributed by atoms with van der Waals surface area (Å²) in [5.41, 5.74) is 0.473. The zero-order chi connectivity index (χ0) is 14.9. The van der Waals surface area contributed by atoms with E-state index in [9.17, 15) is 4.79 Å². The molecule has 1 amide bonds. The lowest BCUT2D eigenvalue weighted by atomic mass is 9.49. The maximum atomic E-state index is 12.0. The molecule has 120 valence electrons. The second kappa shape index (κ2) is 6.28. The minimum absolute atomic E-state index is 0.260. The SMILES string of the molecule is CC(C)NCCCC(=O)NCC12CC3CC(CC(C3)C1)C2. The van der Waals surface area contributed by atoms with Gasteiger partial charge in [0.1, 0.15) is 0 Å². The Labute approximate surface area is 129 Å². The molecular weight excluding hydrogens is 260 g/mol. The summed E-state index contributed by atoms with van der Waals surface area (Å²) in [5.74, 6) is 3.19. The number of rotatable bonds is 7. The molecule has 0 aromatic carbocycles. The van der Waals surface area contributed by atoms with Crippen molar-refractivity contribution in [1.29, 1.82) is 0 Å². The van der Waals surface area contributed by atoms with E-state index in [-0.39, 0.29) is 5.91 Å². The Morgan fingerprint density at radius 2 is 1.67 bits per heavy atom. The predicted molar refractivity (Wildman–Crippen MR) is 86.0 cm³/mol. The first-order valence-corrected chi connectivity index (χ1v) is 9.05. The van der Waals surface area contributed by atoms with Crippen molar-refractivity contribution in [2.75, 3.05) is 13.1 Å².